The van der Waals surface area contributed by atoms with Crippen LogP contribution in [0.2, 0.25) is 0 Å². The molecule has 3 aromatic rings. The van der Waals surface area contributed by atoms with E-state index >= 15 is 0 Å². The maximum atomic E-state index is 11.0. The van der Waals surface area contributed by atoms with Gasteiger partial charge in [-0.1, -0.05) is 17.8 Å². The van der Waals surface area contributed by atoms with Gasteiger partial charge in [0.05, 0.1) is 19.0 Å². The Balaban J connectivity index is 1.37. The second kappa shape index (κ2) is 9.37. The molecule has 2 unspecified atom stereocenters. The lowest BCUT2D eigenvalue weighted by atomic mass is 9.86. The normalized spacial score (nSPS) is 22.7. The van der Waals surface area contributed by atoms with Crippen molar-refractivity contribution in [3.05, 3.63) is 70.2 Å². The lowest BCUT2D eigenvalue weighted by Crippen LogP contribution is -2.41. The van der Waals surface area contributed by atoms with Crippen LogP contribution in [0.5, 0.6) is 0 Å². The molecule has 0 spiro atoms. The van der Waals surface area contributed by atoms with E-state index in [1.807, 2.05) is 17.2 Å². The Kier molecular flexibility index (Phi) is 6.05. The van der Waals surface area contributed by atoms with Crippen LogP contribution in [0, 0.1) is 11.8 Å². The molecule has 8 nitrogen and oxygen atoms in total. The van der Waals surface area contributed by atoms with Gasteiger partial charge in [0.25, 0.3) is 0 Å². The van der Waals surface area contributed by atoms with Crippen molar-refractivity contribution in [3.63, 3.8) is 0 Å². The summed E-state index contributed by atoms with van der Waals surface area (Å²) in [4.78, 5) is 25.4. The molecule has 0 amide bonds. The largest absolute Gasteiger partial charge is 0.378 e. The highest BCUT2D eigenvalue weighted by molar-refractivity contribution is 6.04. The van der Waals surface area contributed by atoms with Gasteiger partial charge in [0.15, 0.2) is 7.98 Å². The maximum absolute atomic E-state index is 11.0. The Morgan fingerprint density at radius 2 is 2.11 bits per heavy atom. The molecule has 2 fully saturated rings. The Bertz CT molecular complexity index is 1320. The Labute approximate surface area is 212 Å². The van der Waals surface area contributed by atoms with E-state index in [0.29, 0.717) is 26.3 Å². The van der Waals surface area contributed by atoms with Gasteiger partial charge < -0.3 is 24.3 Å². The van der Waals surface area contributed by atoms with Gasteiger partial charge in [-0.3, -0.25) is 0 Å². The van der Waals surface area contributed by atoms with Gasteiger partial charge >= 0.3 is 0 Å². The number of likely N-dealkylation sites (tertiary alicyclic amines) is 1. The SMILES string of the molecule is [B]N1CCOCC1c1cc(-c2cnc3[nH]cc(C)c3c2)cc2c1CN(C(=C)N1CCC(N=O)C1)CC2. The fraction of sp³-hybridized carbons (Fsp3) is 0.444. The maximum Gasteiger partial charge on any atom is 0.183 e. The molecule has 5 heterocycles. The summed E-state index contributed by atoms with van der Waals surface area (Å²) in [7, 11) is 6.50. The molecule has 2 atom stereocenters. The number of hydrogen-bond acceptors (Lipinski definition) is 7. The van der Waals surface area contributed by atoms with Crippen LogP contribution in [-0.4, -0.2) is 78.0 Å². The average molecular weight is 482 g/mol. The Hall–Kier alpha value is -3.17. The van der Waals surface area contributed by atoms with E-state index in [9.17, 15) is 4.91 Å². The number of fused-ring (bicyclic) bond motifs is 2. The van der Waals surface area contributed by atoms with Crippen molar-refractivity contribution in [2.24, 2.45) is 5.18 Å². The van der Waals surface area contributed by atoms with Crippen molar-refractivity contribution in [3.8, 4) is 11.1 Å². The molecular weight excluding hydrogens is 451 g/mol. The van der Waals surface area contributed by atoms with E-state index in [1.54, 1.807) is 0 Å². The van der Waals surface area contributed by atoms with E-state index in [2.05, 4.69) is 56.6 Å². The number of rotatable bonds is 5. The highest BCUT2D eigenvalue weighted by Crippen LogP contribution is 2.37. The van der Waals surface area contributed by atoms with Crippen LogP contribution in [0.25, 0.3) is 22.2 Å². The van der Waals surface area contributed by atoms with Gasteiger partial charge in [-0.15, -0.1) is 0 Å². The fourth-order valence-corrected chi connectivity index (χ4v) is 5.82. The number of nitrogens with one attached hydrogen (secondary N) is 1. The molecule has 9 heteroatoms. The molecule has 2 radical (unpaired) electrons. The predicted octanol–water partition coefficient (Wildman–Crippen LogP) is 3.67. The first kappa shape index (κ1) is 23.2. The van der Waals surface area contributed by atoms with Gasteiger partial charge in [0, 0.05) is 62.1 Å². The number of aromatic amines is 1. The van der Waals surface area contributed by atoms with Crippen LogP contribution in [0.4, 0.5) is 0 Å². The summed E-state index contributed by atoms with van der Waals surface area (Å²) in [5.74, 6) is 0.976. The zero-order valence-electron chi connectivity index (χ0n) is 20.7. The number of aromatic nitrogens is 2. The molecule has 2 saturated heterocycles. The van der Waals surface area contributed by atoms with Crippen molar-refractivity contribution in [2.45, 2.75) is 38.4 Å². The molecule has 0 saturated carbocycles. The van der Waals surface area contributed by atoms with E-state index in [0.717, 1.165) is 60.5 Å². The summed E-state index contributed by atoms with van der Waals surface area (Å²) in [6.07, 6.45) is 5.65. The van der Waals surface area contributed by atoms with Gasteiger partial charge in [0.2, 0.25) is 0 Å². The zero-order valence-corrected chi connectivity index (χ0v) is 20.7. The van der Waals surface area contributed by atoms with Crippen LogP contribution in [-0.2, 0) is 17.7 Å². The lowest BCUT2D eigenvalue weighted by Gasteiger charge is -2.40. The molecule has 0 bridgehead atoms. The van der Waals surface area contributed by atoms with E-state index in [1.165, 1.54) is 22.3 Å². The first-order valence-corrected chi connectivity index (χ1v) is 12.7. The third kappa shape index (κ3) is 4.10. The number of H-pyrrole nitrogens is 1. The Morgan fingerprint density at radius 1 is 1.22 bits per heavy atom. The minimum absolute atomic E-state index is 0.0122. The van der Waals surface area contributed by atoms with Crippen LogP contribution in [0.1, 0.15) is 34.7 Å². The monoisotopic (exact) mass is 482 g/mol. The average Bonchev–Trinajstić information content (AvgIpc) is 3.54. The molecule has 1 N–H and O–H groups in total. The first-order chi connectivity index (χ1) is 17.5. The number of nitrogens with zero attached hydrogens (tertiary/aromatic N) is 5. The second-order valence-corrected chi connectivity index (χ2v) is 10.2. The van der Waals surface area contributed by atoms with E-state index in [-0.39, 0.29) is 12.1 Å². The van der Waals surface area contributed by atoms with Gasteiger partial charge in [-0.2, -0.15) is 4.91 Å². The summed E-state index contributed by atoms with van der Waals surface area (Å²) < 4.78 is 5.87. The number of ether oxygens (including phenoxy) is 1. The smallest absolute Gasteiger partial charge is 0.183 e. The number of morpholine rings is 1. The molecule has 3 aliphatic heterocycles. The standard InChI is InChI=1S/C27H31BN6O2/c1-17-12-29-27-23(17)11-21(13-30-27)20-9-19-3-5-33(18(2)32-6-4-22(14-32)31-35)15-25(19)24(10-20)26-16-36-8-7-34(26)28/h9-13,22,26H,2-8,14-16H2,1H3,(H,29,30). The third-order valence-corrected chi connectivity index (χ3v) is 8.02. The first-order valence-electron chi connectivity index (χ1n) is 12.7. The topological polar surface area (TPSA) is 77.1 Å². The summed E-state index contributed by atoms with van der Waals surface area (Å²) >= 11 is 0. The number of hydrogen-bond donors (Lipinski definition) is 1. The fourth-order valence-electron chi connectivity index (χ4n) is 5.82. The second-order valence-electron chi connectivity index (χ2n) is 10.2. The molecule has 1 aromatic carbocycles. The van der Waals surface area contributed by atoms with E-state index in [4.69, 9.17) is 12.7 Å². The quantitative estimate of drug-likeness (QED) is 0.442. The molecule has 3 aliphatic rings. The number of nitroso groups, excluding NO2 is 1. The number of aryl methyl sites for hydroxylation is 1. The molecule has 36 heavy (non-hydrogen) atoms. The summed E-state index contributed by atoms with van der Waals surface area (Å²) in [6.45, 7) is 11.5. The Morgan fingerprint density at radius 3 is 2.92 bits per heavy atom. The third-order valence-electron chi connectivity index (χ3n) is 8.02. The van der Waals surface area contributed by atoms with E-state index < -0.39 is 0 Å². The van der Waals surface area contributed by atoms with Crippen LogP contribution >= 0.6 is 0 Å². The minimum Gasteiger partial charge on any atom is -0.378 e. The number of pyridine rings is 1. The van der Waals surface area contributed by atoms with Gasteiger partial charge in [0.1, 0.15) is 11.7 Å². The highest BCUT2D eigenvalue weighted by Gasteiger charge is 2.31. The van der Waals surface area contributed by atoms with Crippen LogP contribution < -0.4 is 0 Å². The van der Waals surface area contributed by atoms with Crippen LogP contribution in [0.3, 0.4) is 0 Å². The molecule has 0 aliphatic carbocycles. The molecular formula is C27H31BN6O2. The van der Waals surface area contributed by atoms with Crippen molar-refractivity contribution >= 4 is 19.0 Å². The van der Waals surface area contributed by atoms with Crippen molar-refractivity contribution in [1.82, 2.24) is 24.6 Å². The molecule has 2 aromatic heterocycles. The minimum atomic E-state index is -0.142. The van der Waals surface area contributed by atoms with Crippen molar-refractivity contribution in [1.29, 1.82) is 0 Å². The van der Waals surface area contributed by atoms with Gasteiger partial charge in [-0.05, 0) is 59.7 Å². The summed E-state index contributed by atoms with van der Waals surface area (Å²) in [5.41, 5.74) is 8.21. The summed E-state index contributed by atoms with van der Waals surface area (Å²) in [5, 5.41) is 4.40. The lowest BCUT2D eigenvalue weighted by molar-refractivity contribution is 0.0321. The molecule has 184 valence electrons. The highest BCUT2D eigenvalue weighted by atomic mass is 16.5. The number of benzene rings is 1. The summed E-state index contributed by atoms with van der Waals surface area (Å²) in [6, 6.07) is 6.66. The zero-order chi connectivity index (χ0) is 24.8. The molecule has 6 rings (SSSR count). The van der Waals surface area contributed by atoms with Crippen molar-refractivity contribution in [2.75, 3.05) is 39.4 Å². The van der Waals surface area contributed by atoms with Crippen LogP contribution in [0.15, 0.2) is 48.2 Å². The van der Waals surface area contributed by atoms with Crippen molar-refractivity contribution < 1.29 is 4.74 Å². The van der Waals surface area contributed by atoms with Gasteiger partial charge in [-0.25, -0.2) is 4.98 Å². The predicted molar refractivity (Wildman–Crippen MR) is 141 cm³/mol.